The molecule has 10 heteroatoms. The number of anilines is 1. The normalized spacial score (nSPS) is 19.4. The highest BCUT2D eigenvalue weighted by atomic mass is 32.2. The van der Waals surface area contributed by atoms with Crippen molar-refractivity contribution in [3.63, 3.8) is 0 Å². The van der Waals surface area contributed by atoms with E-state index in [1.54, 1.807) is 18.7 Å². The molecule has 5 rings (SSSR count). The second-order valence-corrected chi connectivity index (χ2v) is 13.2. The molecule has 5 atom stereocenters. The molecule has 0 aromatic heterocycles. The average Bonchev–Trinajstić information content (AvgIpc) is 3.10. The monoisotopic (exact) mass is 682 g/mol. The summed E-state index contributed by atoms with van der Waals surface area (Å²) in [5.41, 5.74) is 6.42. The third-order valence-electron chi connectivity index (χ3n) is 8.33. The molecule has 0 spiro atoms. The minimum absolute atomic E-state index is 0.0216. The quantitative estimate of drug-likeness (QED) is 0.108. The Labute approximate surface area is 291 Å². The van der Waals surface area contributed by atoms with Crippen LogP contribution in [0.1, 0.15) is 62.3 Å². The Morgan fingerprint density at radius 2 is 1.55 bits per heavy atom. The van der Waals surface area contributed by atoms with Crippen LogP contribution in [0.2, 0.25) is 0 Å². The third-order valence-corrected chi connectivity index (χ3v) is 9.43. The van der Waals surface area contributed by atoms with Gasteiger partial charge in [-0.1, -0.05) is 73.7 Å². The molecular weight excluding hydrogens is 641 g/mol. The van der Waals surface area contributed by atoms with E-state index >= 15 is 0 Å². The molecule has 2 amide bonds. The summed E-state index contributed by atoms with van der Waals surface area (Å²) in [4.78, 5) is 36.0. The van der Waals surface area contributed by atoms with Crippen molar-refractivity contribution < 1.29 is 33.7 Å². The smallest absolute Gasteiger partial charge is 0.303 e. The minimum atomic E-state index is -0.860. The highest BCUT2D eigenvalue weighted by molar-refractivity contribution is 7.99. The van der Waals surface area contributed by atoms with Crippen molar-refractivity contribution in [3.8, 4) is 11.1 Å². The molecule has 3 N–H and O–H groups in total. The van der Waals surface area contributed by atoms with Crippen LogP contribution in [-0.2, 0) is 41.7 Å². The number of carbonyl (C=O) groups is 3. The summed E-state index contributed by atoms with van der Waals surface area (Å²) in [6.07, 6.45) is -1.81. The lowest BCUT2D eigenvalue weighted by molar-refractivity contribution is -0.268. The Morgan fingerprint density at radius 1 is 0.857 bits per heavy atom. The Morgan fingerprint density at radius 3 is 2.20 bits per heavy atom. The first-order valence-electron chi connectivity index (χ1n) is 16.2. The van der Waals surface area contributed by atoms with Crippen LogP contribution < -0.4 is 10.6 Å². The van der Waals surface area contributed by atoms with Gasteiger partial charge in [-0.05, 0) is 65.1 Å². The summed E-state index contributed by atoms with van der Waals surface area (Å²) in [6.45, 7) is 6.73. The summed E-state index contributed by atoms with van der Waals surface area (Å²) in [7, 11) is 0. The number of ether oxygens (including phenoxy) is 3. The van der Waals surface area contributed by atoms with Gasteiger partial charge in [-0.25, -0.2) is 0 Å². The van der Waals surface area contributed by atoms with Crippen molar-refractivity contribution in [2.75, 3.05) is 11.1 Å². The lowest BCUT2D eigenvalue weighted by Crippen LogP contribution is -2.38. The Balaban J connectivity index is 1.30. The van der Waals surface area contributed by atoms with E-state index in [9.17, 15) is 19.5 Å². The predicted molar refractivity (Wildman–Crippen MR) is 189 cm³/mol. The fraction of sp³-hybridized carbons (Fsp3) is 0.308. The molecule has 0 aliphatic carbocycles. The topological polar surface area (TPSA) is 123 Å². The van der Waals surface area contributed by atoms with E-state index in [-0.39, 0.29) is 36.5 Å². The Bertz CT molecular complexity index is 1730. The van der Waals surface area contributed by atoms with Crippen LogP contribution in [0.15, 0.2) is 102 Å². The number of thioether (sulfide) groups is 1. The number of aliphatic hydroxyl groups excluding tert-OH is 1. The van der Waals surface area contributed by atoms with Crippen molar-refractivity contribution >= 4 is 35.2 Å². The van der Waals surface area contributed by atoms with Gasteiger partial charge in [0.2, 0.25) is 5.91 Å². The van der Waals surface area contributed by atoms with Crippen LogP contribution >= 0.6 is 11.8 Å². The highest BCUT2D eigenvalue weighted by Crippen LogP contribution is 2.43. The van der Waals surface area contributed by atoms with Gasteiger partial charge in [0, 0.05) is 48.2 Å². The largest absolute Gasteiger partial charge is 0.453 e. The average molecular weight is 683 g/mol. The van der Waals surface area contributed by atoms with Crippen LogP contribution in [0.3, 0.4) is 0 Å². The van der Waals surface area contributed by atoms with E-state index in [1.807, 2.05) is 97.1 Å². The first-order chi connectivity index (χ1) is 23.6. The highest BCUT2D eigenvalue weighted by Gasteiger charge is 2.38. The van der Waals surface area contributed by atoms with Gasteiger partial charge in [-0.15, -0.1) is 11.8 Å². The van der Waals surface area contributed by atoms with Gasteiger partial charge in [-0.2, -0.15) is 0 Å². The zero-order valence-electron chi connectivity index (χ0n) is 28.1. The maximum Gasteiger partial charge on any atom is 0.303 e. The van der Waals surface area contributed by atoms with Crippen molar-refractivity contribution in [1.82, 2.24) is 5.32 Å². The fourth-order valence-corrected chi connectivity index (χ4v) is 6.72. The molecule has 1 fully saturated rings. The molecule has 0 saturated carbocycles. The summed E-state index contributed by atoms with van der Waals surface area (Å²) in [6, 6.07) is 31.6. The second kappa shape index (κ2) is 16.8. The van der Waals surface area contributed by atoms with E-state index < -0.39 is 18.4 Å². The molecule has 9 nitrogen and oxygen atoms in total. The molecule has 49 heavy (non-hydrogen) atoms. The van der Waals surface area contributed by atoms with Gasteiger partial charge in [0.1, 0.15) is 0 Å². The second-order valence-electron chi connectivity index (χ2n) is 12.1. The van der Waals surface area contributed by atoms with Gasteiger partial charge < -0.3 is 30.0 Å². The SMILES string of the molecule is CC(=O)Nc1ccc(SC[C@H]2O[C@@H](c3ccc(-c4cccc(CNC(=O)[C@H](C)OC(C)=O)c4)cc3)O[C@@H](c3ccc(CO)cc3)[C@H]2C)cc1. The number of hydrogen-bond acceptors (Lipinski definition) is 8. The van der Waals surface area contributed by atoms with Crippen molar-refractivity contribution in [1.29, 1.82) is 0 Å². The number of amides is 2. The van der Waals surface area contributed by atoms with Gasteiger partial charge in [0.25, 0.3) is 5.91 Å². The summed E-state index contributed by atoms with van der Waals surface area (Å²) >= 11 is 1.70. The molecule has 0 unspecified atom stereocenters. The maximum atomic E-state index is 12.3. The van der Waals surface area contributed by atoms with Gasteiger partial charge >= 0.3 is 5.97 Å². The minimum Gasteiger partial charge on any atom is -0.453 e. The van der Waals surface area contributed by atoms with E-state index in [0.717, 1.165) is 44.0 Å². The Hall–Kier alpha value is -4.48. The fourth-order valence-electron chi connectivity index (χ4n) is 5.65. The number of benzene rings is 4. The standard InChI is InChI=1S/C39H42N2O7S/c1-24-36(23-49-35-18-16-34(17-19-35)41-26(3)43)47-39(48-37(24)31-10-8-28(22-42)9-11-31)32-14-12-30(13-15-32)33-7-5-6-29(20-33)21-40-38(45)25(2)46-27(4)44/h5-20,24-25,36-37,39,42H,21-23H2,1-4H3,(H,40,45)(H,41,43)/t24-,25-,36+,37+,39+/m0/s1. The van der Waals surface area contributed by atoms with Crippen LogP contribution in [0, 0.1) is 5.92 Å². The van der Waals surface area contributed by atoms with Crippen LogP contribution in [0.25, 0.3) is 11.1 Å². The summed E-state index contributed by atoms with van der Waals surface area (Å²) in [5, 5.41) is 15.2. The van der Waals surface area contributed by atoms with E-state index in [0.29, 0.717) is 12.3 Å². The molecule has 1 heterocycles. The van der Waals surface area contributed by atoms with Crippen LogP contribution in [0.4, 0.5) is 5.69 Å². The molecule has 256 valence electrons. The van der Waals surface area contributed by atoms with Gasteiger partial charge in [0.05, 0.1) is 18.8 Å². The van der Waals surface area contributed by atoms with E-state index in [1.165, 1.54) is 13.8 Å². The molecule has 1 aliphatic heterocycles. The lowest BCUT2D eigenvalue weighted by Gasteiger charge is -2.41. The van der Waals surface area contributed by atoms with Crippen molar-refractivity contribution in [3.05, 3.63) is 119 Å². The van der Waals surface area contributed by atoms with Crippen molar-refractivity contribution in [2.45, 2.75) is 70.3 Å². The van der Waals surface area contributed by atoms with E-state index in [2.05, 4.69) is 17.6 Å². The molecule has 0 radical (unpaired) electrons. The number of carbonyl (C=O) groups excluding carboxylic acids is 3. The number of nitrogens with one attached hydrogen (secondary N) is 2. The summed E-state index contributed by atoms with van der Waals surface area (Å²) in [5.74, 6) is -0.218. The lowest BCUT2D eigenvalue weighted by atomic mass is 9.91. The first-order valence-corrected chi connectivity index (χ1v) is 17.2. The molecule has 0 bridgehead atoms. The van der Waals surface area contributed by atoms with E-state index in [4.69, 9.17) is 14.2 Å². The molecule has 4 aromatic rings. The van der Waals surface area contributed by atoms with Crippen LogP contribution in [0.5, 0.6) is 0 Å². The van der Waals surface area contributed by atoms with Crippen molar-refractivity contribution in [2.24, 2.45) is 5.92 Å². The third kappa shape index (κ3) is 9.79. The zero-order valence-corrected chi connectivity index (χ0v) is 28.9. The number of aliphatic hydroxyl groups is 1. The number of rotatable bonds is 12. The Kier molecular flexibility index (Phi) is 12.2. The predicted octanol–water partition coefficient (Wildman–Crippen LogP) is 6.96. The maximum absolute atomic E-state index is 12.3. The molecule has 1 aliphatic rings. The molecular formula is C39H42N2O7S. The van der Waals surface area contributed by atoms with Gasteiger partial charge in [-0.3, -0.25) is 14.4 Å². The molecule has 1 saturated heterocycles. The first kappa shape index (κ1) is 35.8. The summed E-state index contributed by atoms with van der Waals surface area (Å²) < 4.78 is 18.2. The van der Waals surface area contributed by atoms with Crippen LogP contribution in [-0.4, -0.2) is 40.9 Å². The zero-order chi connectivity index (χ0) is 34.9. The molecule has 4 aromatic carbocycles. The van der Waals surface area contributed by atoms with Gasteiger partial charge in [0.15, 0.2) is 12.4 Å². The number of hydrogen-bond donors (Lipinski definition) is 3. The number of esters is 1.